The maximum absolute atomic E-state index is 10.8. The van der Waals surface area contributed by atoms with Crippen molar-refractivity contribution in [1.82, 2.24) is 4.98 Å². The molecular formula is C10H9NO2S. The lowest BCUT2D eigenvalue weighted by Crippen LogP contribution is -2.00. The lowest BCUT2D eigenvalue weighted by molar-refractivity contribution is -0.131. The van der Waals surface area contributed by atoms with E-state index in [1.165, 1.54) is 18.3 Å². The van der Waals surface area contributed by atoms with E-state index < -0.39 is 0 Å². The predicted octanol–water partition coefficient (Wildman–Crippen LogP) is 2.53. The molecular weight excluding hydrogens is 198 g/mol. The highest BCUT2D eigenvalue weighted by molar-refractivity contribution is 7.17. The average molecular weight is 207 g/mol. The third-order valence-corrected chi connectivity index (χ3v) is 2.66. The number of esters is 1. The first kappa shape index (κ1) is 9.15. The van der Waals surface area contributed by atoms with Crippen molar-refractivity contribution in [2.24, 2.45) is 0 Å². The highest BCUT2D eigenvalue weighted by Crippen LogP contribution is 2.30. The Bertz CT molecular complexity index is 490. The van der Waals surface area contributed by atoms with Crippen LogP contribution in [0.1, 0.15) is 12.6 Å². The van der Waals surface area contributed by atoms with Crippen LogP contribution in [0.25, 0.3) is 10.2 Å². The van der Waals surface area contributed by atoms with Gasteiger partial charge in [0.2, 0.25) is 0 Å². The molecule has 2 heterocycles. The molecule has 2 aromatic heterocycles. The summed E-state index contributed by atoms with van der Waals surface area (Å²) in [5, 5.41) is 2.70. The van der Waals surface area contributed by atoms with Gasteiger partial charge in [-0.25, -0.2) is 4.98 Å². The van der Waals surface area contributed by atoms with Gasteiger partial charge < -0.3 is 4.74 Å². The molecule has 0 aliphatic heterocycles. The zero-order valence-corrected chi connectivity index (χ0v) is 8.72. The summed E-state index contributed by atoms with van der Waals surface area (Å²) in [5.74, 6) is 0.301. The van der Waals surface area contributed by atoms with Crippen LogP contribution in [0.15, 0.2) is 17.5 Å². The number of nitrogens with zero attached hydrogens (tertiary/aromatic N) is 1. The minimum absolute atomic E-state index is 0.301. The van der Waals surface area contributed by atoms with Crippen molar-refractivity contribution >= 4 is 27.5 Å². The van der Waals surface area contributed by atoms with Crippen LogP contribution < -0.4 is 4.74 Å². The van der Waals surface area contributed by atoms with Gasteiger partial charge in [0.25, 0.3) is 0 Å². The summed E-state index contributed by atoms with van der Waals surface area (Å²) < 4.78 is 5.04. The minimum Gasteiger partial charge on any atom is -0.425 e. The Balaban J connectivity index is 2.52. The summed E-state index contributed by atoms with van der Waals surface area (Å²) in [7, 11) is 0. The number of aryl methyl sites for hydroxylation is 1. The molecule has 0 unspecified atom stereocenters. The van der Waals surface area contributed by atoms with E-state index in [2.05, 4.69) is 4.98 Å². The molecule has 2 aromatic rings. The van der Waals surface area contributed by atoms with E-state index in [0.29, 0.717) is 5.75 Å². The SMILES string of the molecule is CC(=O)Oc1csc2nc(C)ccc12. The molecule has 2 rings (SSSR count). The van der Waals surface area contributed by atoms with Crippen LogP contribution in [-0.2, 0) is 4.79 Å². The van der Waals surface area contributed by atoms with Crippen molar-refractivity contribution in [3.05, 3.63) is 23.2 Å². The van der Waals surface area contributed by atoms with E-state index in [4.69, 9.17) is 4.74 Å². The molecule has 0 N–H and O–H groups in total. The van der Waals surface area contributed by atoms with Crippen LogP contribution in [0.4, 0.5) is 0 Å². The zero-order chi connectivity index (χ0) is 10.1. The lowest BCUT2D eigenvalue weighted by Gasteiger charge is -1.98. The minimum atomic E-state index is -0.301. The van der Waals surface area contributed by atoms with Gasteiger partial charge in [-0.15, -0.1) is 11.3 Å². The largest absolute Gasteiger partial charge is 0.425 e. The van der Waals surface area contributed by atoms with Crippen molar-refractivity contribution in [2.75, 3.05) is 0 Å². The second-order valence-corrected chi connectivity index (χ2v) is 3.86. The number of rotatable bonds is 1. The Morgan fingerprint density at radius 3 is 3.00 bits per heavy atom. The highest BCUT2D eigenvalue weighted by atomic mass is 32.1. The summed E-state index contributed by atoms with van der Waals surface area (Å²) in [6.45, 7) is 3.33. The molecule has 0 aliphatic carbocycles. The summed E-state index contributed by atoms with van der Waals surface area (Å²) in [4.78, 5) is 16.0. The van der Waals surface area contributed by atoms with Crippen LogP contribution in [0.2, 0.25) is 0 Å². The van der Waals surface area contributed by atoms with Crippen LogP contribution in [0.5, 0.6) is 5.75 Å². The van der Waals surface area contributed by atoms with Gasteiger partial charge in [0, 0.05) is 18.0 Å². The molecule has 0 fully saturated rings. The van der Waals surface area contributed by atoms with Gasteiger partial charge in [-0.1, -0.05) is 0 Å². The Morgan fingerprint density at radius 2 is 2.29 bits per heavy atom. The molecule has 0 bridgehead atoms. The number of fused-ring (bicyclic) bond motifs is 1. The third-order valence-electron chi connectivity index (χ3n) is 1.80. The number of ether oxygens (including phenoxy) is 1. The number of hydrogen-bond acceptors (Lipinski definition) is 4. The highest BCUT2D eigenvalue weighted by Gasteiger charge is 2.07. The molecule has 0 aliphatic rings. The van der Waals surface area contributed by atoms with Gasteiger partial charge in [0.05, 0.1) is 5.39 Å². The molecule has 4 heteroatoms. The van der Waals surface area contributed by atoms with E-state index in [9.17, 15) is 4.79 Å². The van der Waals surface area contributed by atoms with E-state index in [1.54, 1.807) is 5.38 Å². The second-order valence-electron chi connectivity index (χ2n) is 3.00. The number of aromatic nitrogens is 1. The number of carbonyl (C=O) groups is 1. The average Bonchev–Trinajstić information content (AvgIpc) is 2.47. The van der Waals surface area contributed by atoms with Crippen molar-refractivity contribution in [3.63, 3.8) is 0 Å². The third kappa shape index (κ3) is 1.61. The van der Waals surface area contributed by atoms with Crippen LogP contribution >= 0.6 is 11.3 Å². The van der Waals surface area contributed by atoms with Crippen molar-refractivity contribution in [2.45, 2.75) is 13.8 Å². The predicted molar refractivity (Wildman–Crippen MR) is 55.7 cm³/mol. The fraction of sp³-hybridized carbons (Fsp3) is 0.200. The molecule has 0 radical (unpaired) electrons. The Hall–Kier alpha value is -1.42. The Kier molecular flexibility index (Phi) is 2.21. The molecule has 14 heavy (non-hydrogen) atoms. The molecule has 72 valence electrons. The van der Waals surface area contributed by atoms with Gasteiger partial charge in [-0.2, -0.15) is 0 Å². The van der Waals surface area contributed by atoms with Gasteiger partial charge in [-0.05, 0) is 19.1 Å². The summed E-state index contributed by atoms with van der Waals surface area (Å²) in [6, 6.07) is 3.83. The molecule has 0 atom stereocenters. The second kappa shape index (κ2) is 3.38. The normalized spacial score (nSPS) is 10.4. The van der Waals surface area contributed by atoms with Gasteiger partial charge in [0.1, 0.15) is 4.83 Å². The number of thiophene rings is 1. The Morgan fingerprint density at radius 1 is 1.50 bits per heavy atom. The fourth-order valence-corrected chi connectivity index (χ4v) is 2.10. The number of carbonyl (C=O) groups excluding carboxylic acids is 1. The van der Waals surface area contributed by atoms with E-state index in [1.807, 2.05) is 19.1 Å². The van der Waals surface area contributed by atoms with Crippen LogP contribution in [0.3, 0.4) is 0 Å². The smallest absolute Gasteiger partial charge is 0.308 e. The molecule has 3 nitrogen and oxygen atoms in total. The molecule has 0 saturated carbocycles. The first-order chi connectivity index (χ1) is 6.66. The summed E-state index contributed by atoms with van der Waals surface area (Å²) >= 11 is 1.48. The molecule has 0 spiro atoms. The first-order valence-corrected chi connectivity index (χ1v) is 5.08. The standard InChI is InChI=1S/C10H9NO2S/c1-6-3-4-8-9(13-7(2)12)5-14-10(8)11-6/h3-5H,1-2H3. The fourth-order valence-electron chi connectivity index (χ4n) is 1.22. The maximum atomic E-state index is 10.8. The summed E-state index contributed by atoms with van der Waals surface area (Å²) in [6.07, 6.45) is 0. The molecule has 0 amide bonds. The Labute approximate surface area is 85.3 Å². The van der Waals surface area contributed by atoms with Crippen LogP contribution in [0, 0.1) is 6.92 Å². The van der Waals surface area contributed by atoms with Crippen molar-refractivity contribution < 1.29 is 9.53 Å². The van der Waals surface area contributed by atoms with Gasteiger partial charge >= 0.3 is 5.97 Å². The quantitative estimate of drug-likeness (QED) is 0.674. The van der Waals surface area contributed by atoms with Gasteiger partial charge in [-0.3, -0.25) is 4.79 Å². The first-order valence-electron chi connectivity index (χ1n) is 4.20. The topological polar surface area (TPSA) is 39.2 Å². The lowest BCUT2D eigenvalue weighted by atomic mass is 10.3. The maximum Gasteiger partial charge on any atom is 0.308 e. The monoisotopic (exact) mass is 207 g/mol. The zero-order valence-electron chi connectivity index (χ0n) is 7.90. The molecule has 0 saturated heterocycles. The van der Waals surface area contributed by atoms with Crippen molar-refractivity contribution in [3.8, 4) is 5.75 Å². The van der Waals surface area contributed by atoms with E-state index in [-0.39, 0.29) is 5.97 Å². The van der Waals surface area contributed by atoms with Gasteiger partial charge in [0.15, 0.2) is 5.75 Å². The number of pyridine rings is 1. The molecule has 0 aromatic carbocycles. The number of hydrogen-bond donors (Lipinski definition) is 0. The van der Waals surface area contributed by atoms with E-state index >= 15 is 0 Å². The van der Waals surface area contributed by atoms with Crippen molar-refractivity contribution in [1.29, 1.82) is 0 Å². The summed E-state index contributed by atoms with van der Waals surface area (Å²) in [5.41, 5.74) is 0.966. The van der Waals surface area contributed by atoms with E-state index in [0.717, 1.165) is 15.9 Å². The van der Waals surface area contributed by atoms with Crippen LogP contribution in [-0.4, -0.2) is 11.0 Å².